The van der Waals surface area contributed by atoms with E-state index >= 15 is 0 Å². The minimum Gasteiger partial charge on any atom is -0.462 e. The van der Waals surface area contributed by atoms with Crippen LogP contribution in [0.4, 0.5) is 5.00 Å². The van der Waals surface area contributed by atoms with Crippen molar-refractivity contribution in [3.63, 3.8) is 0 Å². The Hall–Kier alpha value is -3.42. The number of rotatable bonds is 6. The van der Waals surface area contributed by atoms with Crippen LogP contribution >= 0.6 is 22.9 Å². The molecule has 8 heteroatoms. The summed E-state index contributed by atoms with van der Waals surface area (Å²) in [6.45, 7) is 3.61. The number of benzene rings is 2. The Balaban J connectivity index is 1.74. The van der Waals surface area contributed by atoms with Crippen LogP contribution in [-0.2, 0) is 4.74 Å². The lowest BCUT2D eigenvalue weighted by molar-refractivity contribution is 0.0529. The van der Waals surface area contributed by atoms with E-state index in [1.807, 2.05) is 35.7 Å². The second-order valence-electron chi connectivity index (χ2n) is 6.84. The molecule has 0 atom stereocenters. The predicted octanol–water partition coefficient (Wildman–Crippen LogP) is 6.46. The molecule has 1 N–H and O–H groups in total. The number of esters is 1. The van der Waals surface area contributed by atoms with E-state index in [4.69, 9.17) is 20.9 Å². The van der Waals surface area contributed by atoms with E-state index in [2.05, 4.69) is 10.5 Å². The van der Waals surface area contributed by atoms with E-state index in [1.165, 1.54) is 11.3 Å². The maximum atomic E-state index is 13.3. The molecule has 0 radical (unpaired) electrons. The molecule has 6 nitrogen and oxygen atoms in total. The Morgan fingerprint density at radius 3 is 2.50 bits per heavy atom. The Labute approximate surface area is 193 Å². The number of hydrogen-bond acceptors (Lipinski definition) is 6. The van der Waals surface area contributed by atoms with Crippen LogP contribution in [0.5, 0.6) is 0 Å². The first-order valence-corrected chi connectivity index (χ1v) is 11.1. The van der Waals surface area contributed by atoms with Gasteiger partial charge < -0.3 is 14.6 Å². The van der Waals surface area contributed by atoms with Crippen LogP contribution in [0, 0.1) is 6.92 Å². The van der Waals surface area contributed by atoms with E-state index in [-0.39, 0.29) is 12.2 Å². The van der Waals surface area contributed by atoms with Gasteiger partial charge in [-0.25, -0.2) is 4.79 Å². The number of thiophene rings is 1. The molecule has 0 aliphatic heterocycles. The number of ether oxygens (including phenoxy) is 1. The van der Waals surface area contributed by atoms with Crippen LogP contribution in [-0.4, -0.2) is 23.6 Å². The fourth-order valence-corrected chi connectivity index (χ4v) is 4.51. The van der Waals surface area contributed by atoms with E-state index < -0.39 is 11.9 Å². The van der Waals surface area contributed by atoms with Crippen LogP contribution in [0.2, 0.25) is 5.02 Å². The fraction of sp³-hybridized carbons (Fsp3) is 0.125. The number of carbonyl (C=O) groups is 2. The van der Waals surface area contributed by atoms with E-state index in [1.54, 1.807) is 38.1 Å². The fourth-order valence-electron chi connectivity index (χ4n) is 3.33. The molecule has 2 aromatic heterocycles. The van der Waals surface area contributed by atoms with Gasteiger partial charge in [0.1, 0.15) is 27.6 Å². The molecule has 0 fully saturated rings. The number of aromatic nitrogens is 1. The number of hydrogen-bond donors (Lipinski definition) is 1. The van der Waals surface area contributed by atoms with E-state index in [9.17, 15) is 9.59 Å². The van der Waals surface area contributed by atoms with Crippen molar-refractivity contribution < 1.29 is 18.8 Å². The lowest BCUT2D eigenvalue weighted by Crippen LogP contribution is -2.16. The van der Waals surface area contributed by atoms with Crippen molar-refractivity contribution in [2.75, 3.05) is 11.9 Å². The third kappa shape index (κ3) is 4.17. The zero-order valence-electron chi connectivity index (χ0n) is 17.3. The number of nitrogens with one attached hydrogen (secondary N) is 1. The summed E-state index contributed by atoms with van der Waals surface area (Å²) in [5.74, 6) is -0.614. The summed E-state index contributed by atoms with van der Waals surface area (Å²) in [5.41, 5.74) is 3.02. The average molecular weight is 467 g/mol. The minimum absolute atomic E-state index is 0.220. The van der Waals surface area contributed by atoms with Crippen molar-refractivity contribution in [1.29, 1.82) is 0 Å². The first-order valence-electron chi connectivity index (χ1n) is 9.87. The molecule has 4 aromatic rings. The van der Waals surface area contributed by atoms with Crippen molar-refractivity contribution in [2.24, 2.45) is 0 Å². The highest BCUT2D eigenvalue weighted by molar-refractivity contribution is 7.15. The number of nitrogens with zero attached hydrogens (tertiary/aromatic N) is 1. The van der Waals surface area contributed by atoms with Gasteiger partial charge in [-0.2, -0.15) is 0 Å². The molecular weight excluding hydrogens is 448 g/mol. The third-order valence-electron chi connectivity index (χ3n) is 4.80. The van der Waals surface area contributed by atoms with Crippen molar-refractivity contribution in [2.45, 2.75) is 13.8 Å². The van der Waals surface area contributed by atoms with E-state index in [0.717, 1.165) is 5.56 Å². The highest BCUT2D eigenvalue weighted by Gasteiger charge is 2.27. The lowest BCUT2D eigenvalue weighted by atomic mass is 10.0. The van der Waals surface area contributed by atoms with Gasteiger partial charge in [0.05, 0.1) is 11.6 Å². The molecule has 0 unspecified atom stereocenters. The summed E-state index contributed by atoms with van der Waals surface area (Å²) in [4.78, 5) is 26.1. The smallest absolute Gasteiger partial charge is 0.341 e. The molecule has 1 amide bonds. The molecule has 162 valence electrons. The number of aryl methyl sites for hydroxylation is 1. The zero-order valence-corrected chi connectivity index (χ0v) is 18.9. The first-order chi connectivity index (χ1) is 15.5. The highest BCUT2D eigenvalue weighted by atomic mass is 35.5. The van der Waals surface area contributed by atoms with Crippen molar-refractivity contribution in [1.82, 2.24) is 5.16 Å². The molecule has 0 aliphatic carbocycles. The molecule has 4 rings (SSSR count). The average Bonchev–Trinajstić information content (AvgIpc) is 3.38. The van der Waals surface area contributed by atoms with Crippen molar-refractivity contribution >= 4 is 39.8 Å². The van der Waals surface area contributed by atoms with Crippen LogP contribution < -0.4 is 5.32 Å². The summed E-state index contributed by atoms with van der Waals surface area (Å²) < 4.78 is 10.6. The monoisotopic (exact) mass is 466 g/mol. The molecule has 0 saturated carbocycles. The number of halogens is 1. The Kier molecular flexibility index (Phi) is 6.39. The number of anilines is 1. The third-order valence-corrected chi connectivity index (χ3v) is 6.03. The predicted molar refractivity (Wildman–Crippen MR) is 125 cm³/mol. The Morgan fingerprint density at radius 2 is 1.78 bits per heavy atom. The summed E-state index contributed by atoms with van der Waals surface area (Å²) in [6.07, 6.45) is 0. The normalized spacial score (nSPS) is 10.7. The number of carbonyl (C=O) groups excluding carboxylic acids is 2. The molecule has 2 heterocycles. The summed E-state index contributed by atoms with van der Waals surface area (Å²) in [5, 5.41) is 9.55. The van der Waals surface area contributed by atoms with Gasteiger partial charge in [-0.3, -0.25) is 4.79 Å². The van der Waals surface area contributed by atoms with Crippen LogP contribution in [0.1, 0.15) is 33.4 Å². The summed E-state index contributed by atoms with van der Waals surface area (Å²) in [6, 6.07) is 16.5. The van der Waals surface area contributed by atoms with Crippen molar-refractivity contribution in [3.05, 3.63) is 81.9 Å². The largest absolute Gasteiger partial charge is 0.462 e. The van der Waals surface area contributed by atoms with Crippen LogP contribution in [0.15, 0.2) is 64.5 Å². The Morgan fingerprint density at radius 1 is 1.06 bits per heavy atom. The maximum absolute atomic E-state index is 13.3. The van der Waals surface area contributed by atoms with Gasteiger partial charge in [0.2, 0.25) is 0 Å². The van der Waals surface area contributed by atoms with Gasteiger partial charge in [-0.05, 0) is 25.5 Å². The second kappa shape index (κ2) is 9.38. The van der Waals surface area contributed by atoms with Crippen molar-refractivity contribution in [3.8, 4) is 22.4 Å². The van der Waals surface area contributed by atoms with Gasteiger partial charge >= 0.3 is 5.97 Å². The van der Waals surface area contributed by atoms with Crippen LogP contribution in [0.3, 0.4) is 0 Å². The first kappa shape index (κ1) is 21.8. The highest BCUT2D eigenvalue weighted by Crippen LogP contribution is 2.37. The van der Waals surface area contributed by atoms with Crippen LogP contribution in [0.25, 0.3) is 22.4 Å². The standard InChI is InChI=1S/C24H19ClN2O4S/c1-3-30-24(29)20-17(15-9-5-4-6-10-15)13-32-23(20)26-22(28)19-14(2)31-27-21(19)16-11-7-8-12-18(16)25/h4-13H,3H2,1-2H3,(H,26,28). The summed E-state index contributed by atoms with van der Waals surface area (Å²) in [7, 11) is 0. The lowest BCUT2D eigenvalue weighted by Gasteiger charge is -2.09. The van der Waals surface area contributed by atoms with Gasteiger partial charge in [0.15, 0.2) is 0 Å². The second-order valence-corrected chi connectivity index (χ2v) is 8.12. The molecule has 32 heavy (non-hydrogen) atoms. The summed E-state index contributed by atoms with van der Waals surface area (Å²) >= 11 is 7.56. The zero-order chi connectivity index (χ0) is 22.7. The topological polar surface area (TPSA) is 81.4 Å². The van der Waals surface area contributed by atoms with Gasteiger partial charge in [-0.15, -0.1) is 11.3 Å². The molecule has 0 bridgehead atoms. The molecule has 2 aromatic carbocycles. The maximum Gasteiger partial charge on any atom is 0.341 e. The molecule has 0 saturated heterocycles. The quantitative estimate of drug-likeness (QED) is 0.330. The number of amides is 1. The van der Waals surface area contributed by atoms with E-state index in [0.29, 0.717) is 38.2 Å². The molecular formula is C24H19ClN2O4S. The van der Waals surface area contributed by atoms with Gasteiger partial charge in [0, 0.05) is 16.5 Å². The Bertz CT molecular complexity index is 1280. The minimum atomic E-state index is -0.503. The molecule has 0 aliphatic rings. The SMILES string of the molecule is CCOC(=O)c1c(-c2ccccc2)csc1NC(=O)c1c(-c2ccccc2Cl)noc1C. The van der Waals surface area contributed by atoms with Gasteiger partial charge in [-0.1, -0.05) is 65.3 Å². The molecule has 0 spiro atoms. The van der Waals surface area contributed by atoms with Gasteiger partial charge in [0.25, 0.3) is 5.91 Å².